The van der Waals surface area contributed by atoms with Crippen molar-refractivity contribution in [3.05, 3.63) is 145 Å². The van der Waals surface area contributed by atoms with Gasteiger partial charge in [-0.25, -0.2) is 0 Å². The topological polar surface area (TPSA) is 9.23 Å². The first-order chi connectivity index (χ1) is 22.4. The predicted octanol–water partition coefficient (Wildman–Crippen LogP) is 11.4. The van der Waals surface area contributed by atoms with Crippen LogP contribution in [0.2, 0.25) is 0 Å². The molecule has 0 aromatic heterocycles. The summed E-state index contributed by atoms with van der Waals surface area (Å²) >= 11 is 0. The molecule has 0 saturated carbocycles. The molecule has 1 aliphatic rings. The van der Waals surface area contributed by atoms with Gasteiger partial charge >= 0.3 is 0 Å². The highest BCUT2D eigenvalue weighted by molar-refractivity contribution is 6.24. The Kier molecular flexibility index (Phi) is 3.76. The van der Waals surface area contributed by atoms with Crippen molar-refractivity contribution in [2.75, 3.05) is 0 Å². The fourth-order valence-corrected chi connectivity index (χ4v) is 6.60. The Balaban J connectivity index is 1.38. The minimum atomic E-state index is -0.393. The first kappa shape index (κ1) is 18.0. The van der Waals surface area contributed by atoms with Gasteiger partial charge in [0.05, 0.1) is 6.85 Å². The molecule has 0 saturated heterocycles. The average Bonchev–Trinajstić information content (AvgIpc) is 3.09. The van der Waals surface area contributed by atoms with Gasteiger partial charge < -0.3 is 4.74 Å². The fourth-order valence-electron chi connectivity index (χ4n) is 6.60. The van der Waals surface area contributed by atoms with Crippen molar-refractivity contribution < 1.29 is 11.6 Å². The molecule has 9 rings (SSSR count). The molecule has 41 heavy (non-hydrogen) atoms. The lowest BCUT2D eigenvalue weighted by molar-refractivity contribution is 0.487. The van der Waals surface area contributed by atoms with Crippen LogP contribution in [0.3, 0.4) is 0 Å². The van der Waals surface area contributed by atoms with E-state index < -0.39 is 6.04 Å². The van der Waals surface area contributed by atoms with E-state index in [0.717, 1.165) is 76.8 Å². The van der Waals surface area contributed by atoms with Crippen molar-refractivity contribution in [1.82, 2.24) is 0 Å². The number of para-hydroxylation sites is 1. The molecule has 1 heterocycles. The van der Waals surface area contributed by atoms with Gasteiger partial charge in [-0.05, 0) is 89.8 Å². The Morgan fingerprint density at radius 3 is 2.10 bits per heavy atom. The number of benzene rings is 8. The summed E-state index contributed by atoms with van der Waals surface area (Å²) in [4.78, 5) is 0. The van der Waals surface area contributed by atoms with Crippen LogP contribution in [0.5, 0.6) is 11.5 Å². The second-order valence-corrected chi connectivity index (χ2v) is 10.5. The number of rotatable bonds is 2. The lowest BCUT2D eigenvalue weighted by Crippen LogP contribution is -1.98. The largest absolute Gasteiger partial charge is 0.456 e. The third kappa shape index (κ3) is 3.24. The van der Waals surface area contributed by atoms with Crippen molar-refractivity contribution >= 4 is 43.1 Å². The zero-order chi connectivity index (χ0) is 31.3. The molecule has 0 radical (unpaired) electrons. The smallest absolute Gasteiger partial charge is 0.135 e. The minimum Gasteiger partial charge on any atom is -0.456 e. The molecule has 0 unspecified atom stereocenters. The Bertz CT molecular complexity index is 2600. The maximum atomic E-state index is 8.66. The van der Waals surface area contributed by atoms with Crippen LogP contribution in [0.15, 0.2) is 145 Å². The molecule has 0 atom stereocenters. The Morgan fingerprint density at radius 1 is 0.439 bits per heavy atom. The number of fused-ring (bicyclic) bond motifs is 6. The molecular weight excluding hydrogens is 496 g/mol. The maximum Gasteiger partial charge on any atom is 0.135 e. The second kappa shape index (κ2) is 8.55. The molecular formula is C40H24O. The minimum absolute atomic E-state index is 0.203. The molecule has 1 heteroatoms. The lowest BCUT2D eigenvalue weighted by atomic mass is 9.85. The normalized spacial score (nSPS) is 13.8. The van der Waals surface area contributed by atoms with Gasteiger partial charge in [-0.3, -0.25) is 0 Å². The van der Waals surface area contributed by atoms with Crippen molar-refractivity contribution in [2.24, 2.45) is 0 Å². The highest BCUT2D eigenvalue weighted by Gasteiger charge is 2.23. The molecule has 1 nitrogen and oxygen atoms in total. The first-order valence-corrected chi connectivity index (χ1v) is 13.7. The van der Waals surface area contributed by atoms with Gasteiger partial charge in [-0.15, -0.1) is 0 Å². The van der Waals surface area contributed by atoms with E-state index in [1.54, 1.807) is 0 Å². The summed E-state index contributed by atoms with van der Waals surface area (Å²) < 4.78 is 48.4. The fraction of sp³-hybridized carbons (Fsp3) is 0. The summed E-state index contributed by atoms with van der Waals surface area (Å²) in [7, 11) is 0. The van der Waals surface area contributed by atoms with E-state index in [-0.39, 0.29) is 29.7 Å². The van der Waals surface area contributed by atoms with Crippen LogP contribution in [-0.4, -0.2) is 0 Å². The van der Waals surface area contributed by atoms with Crippen LogP contribution in [-0.2, 0) is 0 Å². The Hall–Kier alpha value is -5.40. The Labute approximate surface area is 244 Å². The van der Waals surface area contributed by atoms with Crippen LogP contribution in [0.4, 0.5) is 0 Å². The van der Waals surface area contributed by atoms with E-state index in [0.29, 0.717) is 5.56 Å². The zero-order valence-corrected chi connectivity index (χ0v) is 21.9. The second-order valence-electron chi connectivity index (χ2n) is 10.5. The van der Waals surface area contributed by atoms with Gasteiger partial charge in [0.15, 0.2) is 0 Å². The molecule has 0 fully saturated rings. The van der Waals surface area contributed by atoms with Crippen LogP contribution in [0.1, 0.15) is 6.85 Å². The monoisotopic (exact) mass is 525 g/mol. The molecule has 8 aromatic carbocycles. The summed E-state index contributed by atoms with van der Waals surface area (Å²) in [6.07, 6.45) is 0. The van der Waals surface area contributed by atoms with Gasteiger partial charge in [-0.2, -0.15) is 0 Å². The third-order valence-corrected chi connectivity index (χ3v) is 8.34. The summed E-state index contributed by atoms with van der Waals surface area (Å²) in [6.45, 7) is 0. The van der Waals surface area contributed by atoms with E-state index >= 15 is 0 Å². The van der Waals surface area contributed by atoms with Crippen molar-refractivity contribution in [1.29, 1.82) is 0 Å². The summed E-state index contributed by atoms with van der Waals surface area (Å²) in [5.74, 6) is 1.69. The number of hydrogen-bond acceptors (Lipinski definition) is 1. The first-order valence-electron chi connectivity index (χ1n) is 16.2. The third-order valence-electron chi connectivity index (χ3n) is 8.34. The molecule has 8 aromatic rings. The SMILES string of the molecule is [2H]c1c([2H])c([2H])c(-c2cccc3c2ccc2c(-c4ccc5c6c(cccc46)-c4ccccc4O5)c4ccccc4cc23)c([2H])c1[2H]. The standard InChI is InChI=1S/C40H24O/c1-2-10-25(11-3-1)27-15-8-16-29-30(27)20-21-35-36(29)24-26-12-4-5-13-28(26)39(35)34-22-23-38-40-32(17-9-18-33(34)40)31-14-6-7-19-37(31)41-38/h1-24H/i1D,2D,3D,10D,11D. The molecule has 190 valence electrons. The van der Waals surface area contributed by atoms with Gasteiger partial charge in [0.25, 0.3) is 0 Å². The molecule has 0 spiro atoms. The molecule has 0 bridgehead atoms. The van der Waals surface area contributed by atoms with E-state index in [1.807, 2.05) is 42.5 Å². The van der Waals surface area contributed by atoms with Crippen LogP contribution in [0.25, 0.3) is 76.5 Å². The molecule has 0 aliphatic carbocycles. The highest BCUT2D eigenvalue weighted by atomic mass is 16.5. The van der Waals surface area contributed by atoms with Gasteiger partial charge in [0, 0.05) is 10.9 Å². The van der Waals surface area contributed by atoms with Crippen molar-refractivity contribution in [2.45, 2.75) is 0 Å². The quantitative estimate of drug-likeness (QED) is 0.161. The van der Waals surface area contributed by atoms with Crippen LogP contribution >= 0.6 is 0 Å². The van der Waals surface area contributed by atoms with Crippen molar-refractivity contribution in [3.8, 4) is 44.9 Å². The van der Waals surface area contributed by atoms with Gasteiger partial charge in [0.2, 0.25) is 0 Å². The maximum absolute atomic E-state index is 8.66. The van der Waals surface area contributed by atoms with Crippen LogP contribution in [0, 0.1) is 0 Å². The van der Waals surface area contributed by atoms with E-state index in [2.05, 4.69) is 72.8 Å². The lowest BCUT2D eigenvalue weighted by Gasteiger charge is -2.23. The number of hydrogen-bond donors (Lipinski definition) is 0. The van der Waals surface area contributed by atoms with E-state index in [1.165, 1.54) is 0 Å². The zero-order valence-electron chi connectivity index (χ0n) is 26.9. The van der Waals surface area contributed by atoms with Gasteiger partial charge in [0.1, 0.15) is 11.5 Å². The number of ether oxygens (including phenoxy) is 1. The van der Waals surface area contributed by atoms with Crippen molar-refractivity contribution in [3.63, 3.8) is 0 Å². The predicted molar refractivity (Wildman–Crippen MR) is 173 cm³/mol. The summed E-state index contributed by atoms with van der Waals surface area (Å²) in [5.41, 5.74) is 5.27. The van der Waals surface area contributed by atoms with Gasteiger partial charge in [-0.1, -0.05) is 121 Å². The highest BCUT2D eigenvalue weighted by Crippen LogP contribution is 2.50. The summed E-state index contributed by atoms with van der Waals surface area (Å²) in [6, 6.07) is 37.9. The van der Waals surface area contributed by atoms with E-state index in [4.69, 9.17) is 11.6 Å². The summed E-state index contributed by atoms with van der Waals surface area (Å²) in [5, 5.41) is 8.30. The molecule has 0 amide bonds. The average molecular weight is 526 g/mol. The molecule has 1 aliphatic heterocycles. The van der Waals surface area contributed by atoms with Crippen LogP contribution < -0.4 is 4.74 Å². The Morgan fingerprint density at radius 2 is 1.17 bits per heavy atom. The molecule has 0 N–H and O–H groups in total. The van der Waals surface area contributed by atoms with E-state index in [9.17, 15) is 0 Å².